The zero-order valence-corrected chi connectivity index (χ0v) is 23.7. The predicted molar refractivity (Wildman–Crippen MR) is 154 cm³/mol. The molecule has 0 bridgehead atoms. The summed E-state index contributed by atoms with van der Waals surface area (Å²) in [4.78, 5) is 28.4. The lowest BCUT2D eigenvalue weighted by molar-refractivity contribution is -0.128. The van der Waals surface area contributed by atoms with Crippen LogP contribution in [0.25, 0.3) is 10.8 Å². The number of ether oxygens (including phenoxy) is 2. The number of hydrogen-bond donors (Lipinski definition) is 0. The van der Waals surface area contributed by atoms with E-state index in [-0.39, 0.29) is 24.2 Å². The van der Waals surface area contributed by atoms with Gasteiger partial charge < -0.3 is 24.2 Å². The minimum Gasteiger partial charge on any atom is -0.459 e. The highest BCUT2D eigenvalue weighted by atomic mass is 16.5. The number of likely N-dealkylation sites (N-methyl/N-ethyl adjacent to an activating group) is 1. The Morgan fingerprint density at radius 3 is 2.72 bits per heavy atom. The summed E-state index contributed by atoms with van der Waals surface area (Å²) in [5.41, 5.74) is 4.39. The molecule has 0 saturated carbocycles. The second-order valence-corrected chi connectivity index (χ2v) is 11.0. The van der Waals surface area contributed by atoms with Gasteiger partial charge in [-0.15, -0.1) is 0 Å². The van der Waals surface area contributed by atoms with E-state index in [1.807, 2.05) is 25.9 Å². The van der Waals surface area contributed by atoms with E-state index in [4.69, 9.17) is 19.4 Å². The van der Waals surface area contributed by atoms with Crippen molar-refractivity contribution in [3.8, 4) is 6.01 Å². The Morgan fingerprint density at radius 2 is 2.00 bits per heavy atom. The number of carbonyl (C=O) groups is 1. The Kier molecular flexibility index (Phi) is 7.86. The number of aryl methyl sites for hydroxylation is 1. The van der Waals surface area contributed by atoms with E-state index in [0.717, 1.165) is 23.6 Å². The first kappa shape index (κ1) is 27.1. The van der Waals surface area contributed by atoms with Crippen LogP contribution in [0.5, 0.6) is 6.01 Å². The van der Waals surface area contributed by atoms with Crippen LogP contribution in [0.3, 0.4) is 0 Å². The Balaban J connectivity index is 1.50. The topological polar surface area (TPSA) is 71.0 Å². The molecule has 206 valence electrons. The van der Waals surface area contributed by atoms with Gasteiger partial charge in [-0.1, -0.05) is 43.0 Å². The van der Waals surface area contributed by atoms with Crippen molar-refractivity contribution in [2.24, 2.45) is 0 Å². The molecule has 2 aliphatic heterocycles. The van der Waals surface area contributed by atoms with Crippen LogP contribution in [0, 0.1) is 6.92 Å². The molecule has 0 spiro atoms. The van der Waals surface area contributed by atoms with Crippen LogP contribution in [0.2, 0.25) is 0 Å². The minimum absolute atomic E-state index is 0.0304. The van der Waals surface area contributed by atoms with Gasteiger partial charge in [-0.25, -0.2) is 0 Å². The van der Waals surface area contributed by atoms with Gasteiger partial charge in [0.2, 0.25) is 5.91 Å². The van der Waals surface area contributed by atoms with E-state index in [0.29, 0.717) is 38.7 Å². The second kappa shape index (κ2) is 11.3. The molecule has 5 rings (SSSR count). The van der Waals surface area contributed by atoms with Crippen molar-refractivity contribution in [1.82, 2.24) is 19.8 Å². The largest absolute Gasteiger partial charge is 0.459 e. The number of fused-ring (bicyclic) bond motifs is 2. The first-order chi connectivity index (χ1) is 18.7. The summed E-state index contributed by atoms with van der Waals surface area (Å²) in [6.07, 6.45) is 1.85. The monoisotopic (exact) mass is 529 g/mol. The van der Waals surface area contributed by atoms with E-state index in [9.17, 15) is 4.79 Å². The van der Waals surface area contributed by atoms with Gasteiger partial charge >= 0.3 is 6.01 Å². The van der Waals surface area contributed by atoms with Crippen LogP contribution in [0.1, 0.15) is 42.3 Å². The molecule has 1 fully saturated rings. The van der Waals surface area contributed by atoms with E-state index in [2.05, 4.69) is 66.6 Å². The average Bonchev–Trinajstić information content (AvgIpc) is 2.91. The average molecular weight is 530 g/mol. The summed E-state index contributed by atoms with van der Waals surface area (Å²) < 4.78 is 12.8. The lowest BCUT2D eigenvalue weighted by Gasteiger charge is -2.41. The third-order valence-corrected chi connectivity index (χ3v) is 7.66. The van der Waals surface area contributed by atoms with Gasteiger partial charge in [0.1, 0.15) is 11.9 Å². The number of piperazine rings is 1. The summed E-state index contributed by atoms with van der Waals surface area (Å²) in [6, 6.07) is 13.2. The highest BCUT2D eigenvalue weighted by Gasteiger charge is 2.33. The normalized spacial score (nSPS) is 20.2. The molecule has 1 amide bonds. The fourth-order valence-electron chi connectivity index (χ4n) is 5.90. The molecule has 1 saturated heterocycles. The molecule has 39 heavy (non-hydrogen) atoms. The molecule has 2 aromatic carbocycles. The number of aromatic nitrogens is 2. The van der Waals surface area contributed by atoms with Gasteiger partial charge in [0.25, 0.3) is 0 Å². The minimum atomic E-state index is -0.113. The quantitative estimate of drug-likeness (QED) is 0.423. The zero-order valence-electron chi connectivity index (χ0n) is 23.7. The SMILES string of the molecule is C=CC(=O)N1CCN(c2nc(OC(C)CN(C)C)nc3c2COC(c2cccc4cccc(C)c24)C3)C[C@@H]1C. The van der Waals surface area contributed by atoms with E-state index >= 15 is 0 Å². The fourth-order valence-corrected chi connectivity index (χ4v) is 5.90. The van der Waals surface area contributed by atoms with Crippen LogP contribution in [0.15, 0.2) is 49.1 Å². The summed E-state index contributed by atoms with van der Waals surface area (Å²) in [5.74, 6) is 0.808. The molecule has 8 heteroatoms. The van der Waals surface area contributed by atoms with Crippen molar-refractivity contribution in [1.29, 1.82) is 0 Å². The van der Waals surface area contributed by atoms with Crippen molar-refractivity contribution in [2.75, 3.05) is 45.2 Å². The number of amides is 1. The van der Waals surface area contributed by atoms with E-state index < -0.39 is 0 Å². The van der Waals surface area contributed by atoms with E-state index in [1.54, 1.807) is 0 Å². The zero-order chi connectivity index (χ0) is 27.7. The second-order valence-electron chi connectivity index (χ2n) is 11.0. The van der Waals surface area contributed by atoms with Crippen molar-refractivity contribution in [2.45, 2.75) is 52.0 Å². The maximum atomic E-state index is 12.3. The molecule has 2 unspecified atom stereocenters. The lowest BCUT2D eigenvalue weighted by atomic mass is 9.92. The lowest BCUT2D eigenvalue weighted by Crippen LogP contribution is -2.54. The first-order valence-electron chi connectivity index (χ1n) is 13.7. The van der Waals surface area contributed by atoms with Gasteiger partial charge in [0.05, 0.1) is 18.4 Å². The van der Waals surface area contributed by atoms with Gasteiger partial charge in [-0.05, 0) is 62.8 Å². The summed E-state index contributed by atoms with van der Waals surface area (Å²) >= 11 is 0. The smallest absolute Gasteiger partial charge is 0.318 e. The first-order valence-corrected chi connectivity index (χ1v) is 13.7. The van der Waals surface area contributed by atoms with Crippen molar-refractivity contribution in [3.05, 3.63) is 71.4 Å². The third kappa shape index (κ3) is 5.63. The highest BCUT2D eigenvalue weighted by Crippen LogP contribution is 2.38. The third-order valence-electron chi connectivity index (χ3n) is 7.66. The Labute approximate surface area is 231 Å². The molecule has 8 nitrogen and oxygen atoms in total. The maximum absolute atomic E-state index is 12.3. The highest BCUT2D eigenvalue weighted by molar-refractivity contribution is 5.89. The Morgan fingerprint density at radius 1 is 1.23 bits per heavy atom. The number of anilines is 1. The number of rotatable bonds is 7. The number of carbonyl (C=O) groups excluding carboxylic acids is 1. The molecule has 3 aromatic rings. The summed E-state index contributed by atoms with van der Waals surface area (Å²) in [6.45, 7) is 13.0. The Bertz CT molecular complexity index is 1370. The summed E-state index contributed by atoms with van der Waals surface area (Å²) in [5, 5.41) is 2.46. The molecule has 2 aliphatic rings. The maximum Gasteiger partial charge on any atom is 0.318 e. The van der Waals surface area contributed by atoms with Crippen molar-refractivity contribution >= 4 is 22.5 Å². The van der Waals surface area contributed by atoms with Gasteiger partial charge in [-0.2, -0.15) is 9.97 Å². The molecular formula is C31H39N5O3. The molecule has 0 radical (unpaired) electrons. The van der Waals surface area contributed by atoms with Crippen LogP contribution < -0.4 is 9.64 Å². The number of benzene rings is 2. The number of nitrogens with zero attached hydrogens (tertiary/aromatic N) is 5. The van der Waals surface area contributed by atoms with Crippen LogP contribution >= 0.6 is 0 Å². The van der Waals surface area contributed by atoms with E-state index in [1.165, 1.54) is 28.0 Å². The van der Waals surface area contributed by atoms with Crippen molar-refractivity contribution in [3.63, 3.8) is 0 Å². The van der Waals surface area contributed by atoms with Gasteiger partial charge in [0, 0.05) is 44.2 Å². The standard InChI is InChI=1S/C31H39N5O3/c1-7-28(37)36-15-14-35(17-21(36)3)30-25-19-38-27(24-13-9-12-23-11-8-10-20(2)29(23)24)16-26(25)32-31(33-30)39-22(4)18-34(5)6/h7-13,21-22,27H,1,14-19H2,2-6H3/t21-,22?,27?/m0/s1. The van der Waals surface area contributed by atoms with Crippen LogP contribution in [-0.4, -0.2) is 78.1 Å². The van der Waals surface area contributed by atoms with Gasteiger partial charge in [0.15, 0.2) is 0 Å². The molecular weight excluding hydrogens is 490 g/mol. The molecule has 0 N–H and O–H groups in total. The fraction of sp³-hybridized carbons (Fsp3) is 0.452. The summed E-state index contributed by atoms with van der Waals surface area (Å²) in [7, 11) is 4.05. The number of hydrogen-bond acceptors (Lipinski definition) is 7. The van der Waals surface area contributed by atoms with Crippen molar-refractivity contribution < 1.29 is 14.3 Å². The van der Waals surface area contributed by atoms with Crippen LogP contribution in [0.4, 0.5) is 5.82 Å². The van der Waals surface area contributed by atoms with Gasteiger partial charge in [-0.3, -0.25) is 4.79 Å². The molecule has 3 atom stereocenters. The molecule has 3 heterocycles. The molecule has 0 aliphatic carbocycles. The Hall–Kier alpha value is -3.49. The van der Waals surface area contributed by atoms with Crippen LogP contribution in [-0.2, 0) is 22.6 Å². The predicted octanol–water partition coefficient (Wildman–Crippen LogP) is 4.30. The molecule has 1 aromatic heterocycles.